The van der Waals surface area contributed by atoms with Gasteiger partial charge in [-0.1, -0.05) is 15.9 Å². The van der Waals surface area contributed by atoms with Crippen LogP contribution in [-0.2, 0) is 9.59 Å². The number of carboxylic acid groups (broad SMARTS) is 1. The molecule has 0 radical (unpaired) electrons. The van der Waals surface area contributed by atoms with Crippen molar-refractivity contribution < 1.29 is 23.8 Å². The normalized spacial score (nSPS) is 18.4. The molecule has 1 aromatic rings. The van der Waals surface area contributed by atoms with Gasteiger partial charge in [-0.3, -0.25) is 9.59 Å². The Morgan fingerprint density at radius 3 is 2.90 bits per heavy atom. The molecule has 2 rings (SSSR count). The highest BCUT2D eigenvalue weighted by Gasteiger charge is 2.28. The van der Waals surface area contributed by atoms with Gasteiger partial charge < -0.3 is 14.7 Å². The van der Waals surface area contributed by atoms with Gasteiger partial charge in [0.25, 0.3) is 5.91 Å². The molecule has 0 spiro atoms. The van der Waals surface area contributed by atoms with Gasteiger partial charge in [-0.25, -0.2) is 4.39 Å². The van der Waals surface area contributed by atoms with Crippen LogP contribution in [-0.4, -0.2) is 41.6 Å². The van der Waals surface area contributed by atoms with Crippen molar-refractivity contribution >= 4 is 27.8 Å². The zero-order chi connectivity index (χ0) is 15.4. The zero-order valence-electron chi connectivity index (χ0n) is 11.2. The molecule has 1 fully saturated rings. The third-order valence-electron chi connectivity index (χ3n) is 3.37. The second-order valence-corrected chi connectivity index (χ2v) is 5.80. The Hall–Kier alpha value is -1.63. The largest absolute Gasteiger partial charge is 0.481 e. The van der Waals surface area contributed by atoms with Gasteiger partial charge in [-0.2, -0.15) is 0 Å². The van der Waals surface area contributed by atoms with Gasteiger partial charge >= 0.3 is 5.97 Å². The first kappa shape index (κ1) is 15.8. The van der Waals surface area contributed by atoms with Crippen LogP contribution in [0.1, 0.15) is 12.8 Å². The molecule has 1 aliphatic rings. The van der Waals surface area contributed by atoms with Crippen molar-refractivity contribution in [3.63, 3.8) is 0 Å². The molecule has 114 valence electrons. The zero-order valence-corrected chi connectivity index (χ0v) is 12.8. The summed E-state index contributed by atoms with van der Waals surface area (Å²) in [5, 5.41) is 8.98. The fourth-order valence-electron chi connectivity index (χ4n) is 2.23. The second kappa shape index (κ2) is 6.89. The van der Waals surface area contributed by atoms with Crippen molar-refractivity contribution in [3.05, 3.63) is 28.5 Å². The number of likely N-dealkylation sites (tertiary alicyclic amines) is 1. The van der Waals surface area contributed by atoms with Crippen LogP contribution >= 0.6 is 15.9 Å². The van der Waals surface area contributed by atoms with Crippen LogP contribution in [0.2, 0.25) is 0 Å². The lowest BCUT2D eigenvalue weighted by atomic mass is 9.98. The highest BCUT2D eigenvalue weighted by molar-refractivity contribution is 9.10. The summed E-state index contributed by atoms with van der Waals surface area (Å²) in [6.07, 6.45) is 1.22. The fraction of sp³-hybridized carbons (Fsp3) is 0.429. The fourth-order valence-corrected chi connectivity index (χ4v) is 2.56. The Morgan fingerprint density at radius 2 is 2.24 bits per heavy atom. The van der Waals surface area contributed by atoms with Crippen molar-refractivity contribution in [3.8, 4) is 5.75 Å². The number of halogens is 2. The SMILES string of the molecule is O=C(O)[C@H]1CCCN(C(=O)COc2ccc(Br)cc2F)C1. The molecule has 0 unspecified atom stereocenters. The van der Waals surface area contributed by atoms with E-state index in [4.69, 9.17) is 9.84 Å². The van der Waals surface area contributed by atoms with Gasteiger partial charge in [0.2, 0.25) is 0 Å². The first-order valence-corrected chi connectivity index (χ1v) is 7.35. The van der Waals surface area contributed by atoms with Crippen LogP contribution in [0.25, 0.3) is 0 Å². The van der Waals surface area contributed by atoms with Gasteiger partial charge in [0, 0.05) is 17.6 Å². The molecular formula is C14H15BrFNO4. The predicted octanol–water partition coefficient (Wildman–Crippen LogP) is 2.29. The maximum atomic E-state index is 13.6. The van der Waals surface area contributed by atoms with Crippen molar-refractivity contribution in [2.24, 2.45) is 5.92 Å². The van der Waals surface area contributed by atoms with Crippen LogP contribution in [0.3, 0.4) is 0 Å². The molecule has 1 saturated heterocycles. The minimum Gasteiger partial charge on any atom is -0.481 e. The van der Waals surface area contributed by atoms with Crippen LogP contribution in [0, 0.1) is 11.7 Å². The molecule has 0 bridgehead atoms. The highest BCUT2D eigenvalue weighted by atomic mass is 79.9. The van der Waals surface area contributed by atoms with Gasteiger partial charge in [-0.05, 0) is 31.0 Å². The molecule has 1 aliphatic heterocycles. The van der Waals surface area contributed by atoms with E-state index in [9.17, 15) is 14.0 Å². The van der Waals surface area contributed by atoms with E-state index in [2.05, 4.69) is 15.9 Å². The van der Waals surface area contributed by atoms with Crippen molar-refractivity contribution in [1.82, 2.24) is 4.90 Å². The second-order valence-electron chi connectivity index (χ2n) is 4.88. The smallest absolute Gasteiger partial charge is 0.308 e. The summed E-state index contributed by atoms with van der Waals surface area (Å²) in [5.74, 6) is -2.32. The molecular weight excluding hydrogens is 345 g/mol. The topological polar surface area (TPSA) is 66.8 Å². The van der Waals surface area contributed by atoms with E-state index < -0.39 is 17.7 Å². The van der Waals surface area contributed by atoms with E-state index in [0.29, 0.717) is 23.9 Å². The van der Waals surface area contributed by atoms with E-state index in [1.165, 1.54) is 17.0 Å². The highest BCUT2D eigenvalue weighted by Crippen LogP contribution is 2.22. The minimum atomic E-state index is -0.896. The number of hydrogen-bond acceptors (Lipinski definition) is 3. The van der Waals surface area contributed by atoms with Crippen LogP contribution in [0.4, 0.5) is 4.39 Å². The maximum Gasteiger partial charge on any atom is 0.308 e. The average molecular weight is 360 g/mol. The van der Waals surface area contributed by atoms with Gasteiger partial charge in [0.15, 0.2) is 18.2 Å². The molecule has 21 heavy (non-hydrogen) atoms. The van der Waals surface area contributed by atoms with Gasteiger partial charge in [-0.15, -0.1) is 0 Å². The number of piperidine rings is 1. The number of aliphatic carboxylic acids is 1. The Balaban J connectivity index is 1.90. The van der Waals surface area contributed by atoms with E-state index in [-0.39, 0.29) is 24.8 Å². The molecule has 1 N–H and O–H groups in total. The molecule has 1 aromatic carbocycles. The Morgan fingerprint density at radius 1 is 1.48 bits per heavy atom. The van der Waals surface area contributed by atoms with E-state index >= 15 is 0 Å². The summed E-state index contributed by atoms with van der Waals surface area (Å²) in [4.78, 5) is 24.4. The first-order chi connectivity index (χ1) is 9.97. The standard InChI is InChI=1S/C14H15BrFNO4/c15-10-3-4-12(11(16)6-10)21-8-13(18)17-5-1-2-9(7-17)14(19)20/h3-4,6,9H,1-2,5,7-8H2,(H,19,20)/t9-/m0/s1. The Labute approximate surface area is 129 Å². The van der Waals surface area contributed by atoms with Crippen molar-refractivity contribution in [2.75, 3.05) is 19.7 Å². The van der Waals surface area contributed by atoms with Gasteiger partial charge in [0.1, 0.15) is 0 Å². The quantitative estimate of drug-likeness (QED) is 0.895. The summed E-state index contributed by atoms with van der Waals surface area (Å²) in [5.41, 5.74) is 0. The summed E-state index contributed by atoms with van der Waals surface area (Å²) >= 11 is 3.13. The number of ether oxygens (including phenoxy) is 1. The molecule has 0 aromatic heterocycles. The third kappa shape index (κ3) is 4.17. The third-order valence-corrected chi connectivity index (χ3v) is 3.86. The summed E-state index contributed by atoms with van der Waals surface area (Å²) < 4.78 is 19.3. The number of carboxylic acids is 1. The number of carbonyl (C=O) groups is 2. The number of carbonyl (C=O) groups excluding carboxylic acids is 1. The average Bonchev–Trinajstić information content (AvgIpc) is 2.46. The number of hydrogen-bond donors (Lipinski definition) is 1. The molecule has 0 aliphatic carbocycles. The lowest BCUT2D eigenvalue weighted by Gasteiger charge is -2.30. The molecule has 0 saturated carbocycles. The van der Waals surface area contributed by atoms with Crippen LogP contribution < -0.4 is 4.74 Å². The van der Waals surface area contributed by atoms with Gasteiger partial charge in [0.05, 0.1) is 5.92 Å². The Kier molecular flexibility index (Phi) is 5.17. The molecule has 7 heteroatoms. The van der Waals surface area contributed by atoms with Crippen LogP contribution in [0.15, 0.2) is 22.7 Å². The van der Waals surface area contributed by atoms with Crippen LogP contribution in [0.5, 0.6) is 5.75 Å². The lowest BCUT2D eigenvalue weighted by Crippen LogP contribution is -2.44. The van der Waals surface area contributed by atoms with Crippen molar-refractivity contribution in [1.29, 1.82) is 0 Å². The summed E-state index contributed by atoms with van der Waals surface area (Å²) in [6.45, 7) is 0.389. The molecule has 1 amide bonds. The van der Waals surface area contributed by atoms with Crippen molar-refractivity contribution in [2.45, 2.75) is 12.8 Å². The molecule has 1 heterocycles. The number of nitrogens with zero attached hydrogens (tertiary/aromatic N) is 1. The summed E-state index contributed by atoms with van der Waals surface area (Å²) in [6, 6.07) is 4.30. The van der Waals surface area contributed by atoms with E-state index in [1.54, 1.807) is 6.07 Å². The molecule has 1 atom stereocenters. The maximum absolute atomic E-state index is 13.6. The number of benzene rings is 1. The predicted molar refractivity (Wildman–Crippen MR) is 76.5 cm³/mol. The monoisotopic (exact) mass is 359 g/mol. The number of amides is 1. The minimum absolute atomic E-state index is 0.00153. The van der Waals surface area contributed by atoms with E-state index in [1.807, 2.05) is 0 Å². The lowest BCUT2D eigenvalue weighted by molar-refractivity contribution is -0.146. The molecule has 5 nitrogen and oxygen atoms in total. The first-order valence-electron chi connectivity index (χ1n) is 6.56. The summed E-state index contributed by atoms with van der Waals surface area (Å²) in [7, 11) is 0. The Bertz CT molecular complexity index is 552. The number of rotatable bonds is 4. The van der Waals surface area contributed by atoms with E-state index in [0.717, 1.165) is 0 Å².